The fourth-order valence-corrected chi connectivity index (χ4v) is 3.76. The van der Waals surface area contributed by atoms with E-state index in [0.717, 1.165) is 27.7 Å². The monoisotopic (exact) mass is 492 g/mol. The molecule has 0 radical (unpaired) electrons. The van der Waals surface area contributed by atoms with Crippen LogP contribution in [0.15, 0.2) is 60.8 Å². The molecule has 0 aliphatic heterocycles. The largest absolute Gasteiger partial charge is 0.467 e. The van der Waals surface area contributed by atoms with Gasteiger partial charge in [-0.1, -0.05) is 30.3 Å². The number of rotatable bonds is 8. The van der Waals surface area contributed by atoms with Gasteiger partial charge >= 0.3 is 18.0 Å². The van der Waals surface area contributed by atoms with Crippen LogP contribution >= 0.6 is 0 Å². The molecule has 3 rings (SSSR count). The molecule has 2 aromatic carbocycles. The number of fused-ring (bicyclic) bond motifs is 1. The van der Waals surface area contributed by atoms with Crippen LogP contribution in [0.25, 0.3) is 22.7 Å². The predicted octanol–water partition coefficient (Wildman–Crippen LogP) is 4.82. The number of methoxy groups -OCH3 is 1. The van der Waals surface area contributed by atoms with Crippen molar-refractivity contribution in [2.75, 3.05) is 13.7 Å². The molecule has 8 heteroatoms. The smallest absolute Gasteiger partial charge is 0.408 e. The van der Waals surface area contributed by atoms with Crippen LogP contribution in [-0.4, -0.2) is 48.0 Å². The van der Waals surface area contributed by atoms with Gasteiger partial charge in [0.15, 0.2) is 0 Å². The van der Waals surface area contributed by atoms with Crippen molar-refractivity contribution in [3.8, 4) is 5.69 Å². The minimum Gasteiger partial charge on any atom is -0.467 e. The lowest BCUT2D eigenvalue weighted by Crippen LogP contribution is -2.45. The summed E-state index contributed by atoms with van der Waals surface area (Å²) in [6.07, 6.45) is 4.55. The highest BCUT2D eigenvalue weighted by atomic mass is 16.6. The number of para-hydroxylation sites is 1. The number of amides is 1. The van der Waals surface area contributed by atoms with Gasteiger partial charge in [0, 0.05) is 29.8 Å². The molecule has 1 amide bonds. The summed E-state index contributed by atoms with van der Waals surface area (Å²) in [5.41, 5.74) is 2.79. The first-order chi connectivity index (χ1) is 17.1. The summed E-state index contributed by atoms with van der Waals surface area (Å²) in [6, 6.07) is 14.6. The fraction of sp³-hybridized carbons (Fsp3) is 0.321. The summed E-state index contributed by atoms with van der Waals surface area (Å²) in [5, 5.41) is 3.57. The van der Waals surface area contributed by atoms with Crippen molar-refractivity contribution in [2.45, 2.75) is 45.8 Å². The second-order valence-corrected chi connectivity index (χ2v) is 9.15. The summed E-state index contributed by atoms with van der Waals surface area (Å²) in [6.45, 7) is 7.34. The van der Waals surface area contributed by atoms with Crippen molar-refractivity contribution in [1.29, 1.82) is 0 Å². The van der Waals surface area contributed by atoms with Crippen molar-refractivity contribution in [2.24, 2.45) is 0 Å². The van der Waals surface area contributed by atoms with Gasteiger partial charge in [0.25, 0.3) is 0 Å². The van der Waals surface area contributed by atoms with Gasteiger partial charge < -0.3 is 24.1 Å². The Hall–Kier alpha value is -4.07. The number of hydrogen-bond acceptors (Lipinski definition) is 6. The SMILES string of the molecule is CCOC(=O)/C=C/c1cccc(-n2cc(C[C@H](NC(=O)OC(C)(C)C)C(=O)OC)c3ccccc32)c1. The van der Waals surface area contributed by atoms with Gasteiger partial charge in [-0.2, -0.15) is 0 Å². The van der Waals surface area contributed by atoms with E-state index >= 15 is 0 Å². The zero-order valence-corrected chi connectivity index (χ0v) is 21.2. The summed E-state index contributed by atoms with van der Waals surface area (Å²) in [5.74, 6) is -0.966. The Balaban J connectivity index is 1.94. The third kappa shape index (κ3) is 6.97. The lowest BCUT2D eigenvalue weighted by Gasteiger charge is -2.22. The van der Waals surface area contributed by atoms with Crippen molar-refractivity contribution >= 4 is 35.0 Å². The molecule has 36 heavy (non-hydrogen) atoms. The van der Waals surface area contributed by atoms with Gasteiger partial charge in [0.1, 0.15) is 11.6 Å². The molecule has 0 spiro atoms. The van der Waals surface area contributed by atoms with Gasteiger partial charge in [-0.05, 0) is 63.1 Å². The molecule has 0 saturated heterocycles. The van der Waals surface area contributed by atoms with Gasteiger partial charge in [-0.25, -0.2) is 14.4 Å². The van der Waals surface area contributed by atoms with Crippen LogP contribution in [-0.2, 0) is 30.2 Å². The highest BCUT2D eigenvalue weighted by molar-refractivity contribution is 5.89. The minimum absolute atomic E-state index is 0.210. The molecular weight excluding hydrogens is 460 g/mol. The van der Waals surface area contributed by atoms with Crippen molar-refractivity contribution in [3.63, 3.8) is 0 Å². The normalized spacial score (nSPS) is 12.4. The molecule has 0 aliphatic rings. The number of ether oxygens (including phenoxy) is 3. The number of esters is 2. The molecule has 8 nitrogen and oxygen atoms in total. The standard InChI is InChI=1S/C28H32N2O6/c1-6-35-25(31)15-14-19-10-9-11-21(16-19)30-18-20(22-12-7-8-13-24(22)30)17-23(26(32)34-5)29-27(33)36-28(2,3)4/h7-16,18,23H,6,17H2,1-5H3,(H,29,33)/b15-14+/t23-/m0/s1. The Labute approximate surface area is 210 Å². The Morgan fingerprint density at radius 1 is 1.08 bits per heavy atom. The first-order valence-corrected chi connectivity index (χ1v) is 11.7. The van der Waals surface area contributed by atoms with Crippen molar-refractivity contribution in [1.82, 2.24) is 9.88 Å². The molecule has 0 unspecified atom stereocenters. The number of carbonyl (C=O) groups is 3. The third-order valence-corrected chi connectivity index (χ3v) is 5.24. The van der Waals surface area contributed by atoms with E-state index in [1.165, 1.54) is 13.2 Å². The Kier molecular flexibility index (Phi) is 8.53. The molecule has 0 saturated carbocycles. The first-order valence-electron chi connectivity index (χ1n) is 11.7. The third-order valence-electron chi connectivity index (χ3n) is 5.24. The number of benzene rings is 2. The predicted molar refractivity (Wildman–Crippen MR) is 138 cm³/mol. The number of aromatic nitrogens is 1. The maximum atomic E-state index is 12.5. The van der Waals surface area contributed by atoms with Crippen LogP contribution in [0.1, 0.15) is 38.8 Å². The second kappa shape index (κ2) is 11.6. The van der Waals surface area contributed by atoms with Crippen LogP contribution in [0, 0.1) is 0 Å². The van der Waals surface area contributed by atoms with E-state index in [1.54, 1.807) is 33.8 Å². The molecule has 1 aromatic heterocycles. The molecular formula is C28H32N2O6. The van der Waals surface area contributed by atoms with Gasteiger partial charge in [-0.3, -0.25) is 0 Å². The number of alkyl carbamates (subject to hydrolysis) is 1. The highest BCUT2D eigenvalue weighted by Crippen LogP contribution is 2.27. The summed E-state index contributed by atoms with van der Waals surface area (Å²) in [4.78, 5) is 36.6. The van der Waals surface area contributed by atoms with Gasteiger partial charge in [0.2, 0.25) is 0 Å². The Bertz CT molecular complexity index is 1270. The quantitative estimate of drug-likeness (QED) is 0.275. The van der Waals surface area contributed by atoms with Crippen LogP contribution in [0.4, 0.5) is 4.79 Å². The first kappa shape index (κ1) is 26.5. The van der Waals surface area contributed by atoms with E-state index in [0.29, 0.717) is 6.61 Å². The van der Waals surface area contributed by atoms with Gasteiger partial charge in [0.05, 0.1) is 19.2 Å². The van der Waals surface area contributed by atoms with Gasteiger partial charge in [-0.15, -0.1) is 0 Å². The Morgan fingerprint density at radius 3 is 2.53 bits per heavy atom. The van der Waals surface area contributed by atoms with E-state index in [4.69, 9.17) is 14.2 Å². The maximum absolute atomic E-state index is 12.5. The van der Waals surface area contributed by atoms with Crippen molar-refractivity contribution < 1.29 is 28.6 Å². The topological polar surface area (TPSA) is 95.9 Å². The van der Waals surface area contributed by atoms with E-state index < -0.39 is 29.7 Å². The fourth-order valence-electron chi connectivity index (χ4n) is 3.76. The summed E-state index contributed by atoms with van der Waals surface area (Å²) < 4.78 is 17.2. The van der Waals surface area contributed by atoms with Crippen LogP contribution in [0.3, 0.4) is 0 Å². The van der Waals surface area contributed by atoms with E-state index in [9.17, 15) is 14.4 Å². The minimum atomic E-state index is -0.928. The number of hydrogen-bond donors (Lipinski definition) is 1. The number of carbonyl (C=O) groups excluding carboxylic acids is 3. The average Bonchev–Trinajstić information content (AvgIpc) is 3.19. The molecule has 0 fully saturated rings. The Morgan fingerprint density at radius 2 is 1.83 bits per heavy atom. The highest BCUT2D eigenvalue weighted by Gasteiger charge is 2.26. The summed E-state index contributed by atoms with van der Waals surface area (Å²) >= 11 is 0. The van der Waals surface area contributed by atoms with Crippen LogP contribution in [0.2, 0.25) is 0 Å². The zero-order valence-electron chi connectivity index (χ0n) is 21.2. The van der Waals surface area contributed by atoms with E-state index in [1.807, 2.05) is 59.3 Å². The average molecular weight is 493 g/mol. The van der Waals surface area contributed by atoms with Crippen LogP contribution in [0.5, 0.6) is 0 Å². The molecule has 1 N–H and O–H groups in total. The second-order valence-electron chi connectivity index (χ2n) is 9.15. The molecule has 0 aliphatic carbocycles. The number of nitrogens with zero attached hydrogens (tertiary/aromatic N) is 1. The number of nitrogens with one attached hydrogen (secondary N) is 1. The maximum Gasteiger partial charge on any atom is 0.408 e. The summed E-state index contributed by atoms with van der Waals surface area (Å²) in [7, 11) is 1.28. The van der Waals surface area contributed by atoms with E-state index in [2.05, 4.69) is 5.32 Å². The van der Waals surface area contributed by atoms with Crippen molar-refractivity contribution in [3.05, 3.63) is 71.9 Å². The van der Waals surface area contributed by atoms with Crippen LogP contribution < -0.4 is 5.32 Å². The molecule has 0 bridgehead atoms. The molecule has 3 aromatic rings. The lowest BCUT2D eigenvalue weighted by molar-refractivity contribution is -0.143. The molecule has 1 atom stereocenters. The zero-order chi connectivity index (χ0) is 26.3. The molecule has 190 valence electrons. The van der Waals surface area contributed by atoms with E-state index in [-0.39, 0.29) is 6.42 Å². The lowest BCUT2D eigenvalue weighted by atomic mass is 10.1. The molecule has 1 heterocycles.